The van der Waals surface area contributed by atoms with E-state index in [1.165, 1.54) is 25.0 Å². The van der Waals surface area contributed by atoms with Crippen molar-refractivity contribution in [2.45, 2.75) is 19.4 Å². The van der Waals surface area contributed by atoms with Crippen LogP contribution in [-0.2, 0) is 6.54 Å². The molecule has 3 aromatic heterocycles. The second-order valence-electron chi connectivity index (χ2n) is 8.11. The Bertz CT molecular complexity index is 1360. The number of pyridine rings is 2. The predicted molar refractivity (Wildman–Crippen MR) is 121 cm³/mol. The van der Waals surface area contributed by atoms with Crippen molar-refractivity contribution in [3.8, 4) is 11.3 Å². The van der Waals surface area contributed by atoms with Crippen LogP contribution in [0.3, 0.4) is 0 Å². The monoisotopic (exact) mass is 428 g/mol. The van der Waals surface area contributed by atoms with Crippen molar-refractivity contribution in [1.82, 2.24) is 19.7 Å². The van der Waals surface area contributed by atoms with Crippen molar-refractivity contribution in [3.05, 3.63) is 71.8 Å². The fourth-order valence-corrected chi connectivity index (χ4v) is 4.60. The molecule has 1 saturated heterocycles. The minimum Gasteiger partial charge on any atom is -0.357 e. The Kier molecular flexibility index (Phi) is 4.31. The average Bonchev–Trinajstić information content (AvgIpc) is 3.55. The second-order valence-corrected chi connectivity index (χ2v) is 8.11. The molecular weight excluding hydrogens is 407 g/mol. The van der Waals surface area contributed by atoms with Gasteiger partial charge < -0.3 is 15.5 Å². The highest BCUT2D eigenvalue weighted by Gasteiger charge is 2.27. The number of aromatic nitrogens is 3. The number of hydrogen-bond donors (Lipinski definition) is 2. The van der Waals surface area contributed by atoms with Gasteiger partial charge in [-0.3, -0.25) is 9.20 Å². The molecule has 160 valence electrons. The Morgan fingerprint density at radius 3 is 2.84 bits per heavy atom. The molecular formula is C24H21FN6O. The van der Waals surface area contributed by atoms with Crippen LogP contribution < -0.4 is 15.5 Å². The summed E-state index contributed by atoms with van der Waals surface area (Å²) in [6.45, 7) is 2.47. The Labute approximate surface area is 183 Å². The second kappa shape index (κ2) is 7.33. The number of rotatable bonds is 4. The van der Waals surface area contributed by atoms with Crippen molar-refractivity contribution in [2.24, 2.45) is 0 Å². The SMILES string of the molecule is O=C1NCc2c(-c3cnc4cc(F)ccn34)ccc(Nc3cccc(N4CCCC4)n3)c21. The summed E-state index contributed by atoms with van der Waals surface area (Å²) in [7, 11) is 0. The molecule has 6 rings (SSSR count). The first kappa shape index (κ1) is 18.8. The van der Waals surface area contributed by atoms with Crippen LogP contribution >= 0.6 is 0 Å². The van der Waals surface area contributed by atoms with Gasteiger partial charge in [-0.05, 0) is 42.7 Å². The van der Waals surface area contributed by atoms with Crippen molar-refractivity contribution >= 4 is 28.9 Å². The summed E-state index contributed by atoms with van der Waals surface area (Å²) in [4.78, 5) is 24.1. The predicted octanol–water partition coefficient (Wildman–Crippen LogP) is 4.12. The van der Waals surface area contributed by atoms with Crippen LogP contribution in [0.15, 0.2) is 54.9 Å². The Morgan fingerprint density at radius 1 is 1.09 bits per heavy atom. The largest absolute Gasteiger partial charge is 0.357 e. The molecule has 0 unspecified atom stereocenters. The summed E-state index contributed by atoms with van der Waals surface area (Å²) >= 11 is 0. The Hall–Kier alpha value is -3.94. The van der Waals surface area contributed by atoms with Crippen LogP contribution in [0.2, 0.25) is 0 Å². The molecule has 0 spiro atoms. The first-order chi connectivity index (χ1) is 15.7. The van der Waals surface area contributed by atoms with Gasteiger partial charge in [-0.15, -0.1) is 0 Å². The van der Waals surface area contributed by atoms with Crippen LogP contribution in [0.1, 0.15) is 28.8 Å². The fourth-order valence-electron chi connectivity index (χ4n) is 4.60. The number of nitrogens with one attached hydrogen (secondary N) is 2. The van der Waals surface area contributed by atoms with Gasteiger partial charge in [0.25, 0.3) is 5.91 Å². The highest BCUT2D eigenvalue weighted by atomic mass is 19.1. The third kappa shape index (κ3) is 3.07. The van der Waals surface area contributed by atoms with Gasteiger partial charge in [-0.2, -0.15) is 0 Å². The van der Waals surface area contributed by atoms with E-state index in [4.69, 9.17) is 4.98 Å². The van der Waals surface area contributed by atoms with Crippen LogP contribution in [0.4, 0.5) is 21.7 Å². The number of anilines is 3. The molecule has 2 N–H and O–H groups in total. The van der Waals surface area contributed by atoms with Crippen LogP contribution in [-0.4, -0.2) is 33.4 Å². The molecule has 8 heteroatoms. The molecule has 2 aliphatic rings. The first-order valence-corrected chi connectivity index (χ1v) is 10.7. The number of benzene rings is 1. The van der Waals surface area contributed by atoms with Crippen molar-refractivity contribution in [2.75, 3.05) is 23.3 Å². The minimum absolute atomic E-state index is 0.125. The smallest absolute Gasteiger partial charge is 0.254 e. The lowest BCUT2D eigenvalue weighted by atomic mass is 9.99. The standard InChI is InChI=1S/C24H21FN6O/c25-15-8-11-31-19(14-26-22(31)12-15)16-6-7-18(23-17(16)13-27-24(23)32)28-20-4-3-5-21(29-20)30-9-1-2-10-30/h3-8,11-12,14H,1-2,9-10,13H2,(H,27,32)(H,28,29). The quantitative estimate of drug-likeness (QED) is 0.512. The van der Waals surface area contributed by atoms with Gasteiger partial charge in [0.05, 0.1) is 23.1 Å². The van der Waals surface area contributed by atoms with Gasteiger partial charge in [0, 0.05) is 37.5 Å². The van der Waals surface area contributed by atoms with Crippen molar-refractivity contribution < 1.29 is 9.18 Å². The summed E-state index contributed by atoms with van der Waals surface area (Å²) in [6, 6.07) is 12.6. The highest BCUT2D eigenvalue weighted by molar-refractivity contribution is 6.06. The van der Waals surface area contributed by atoms with E-state index in [-0.39, 0.29) is 11.7 Å². The summed E-state index contributed by atoms with van der Waals surface area (Å²) in [5.41, 5.74) is 4.44. The van der Waals surface area contributed by atoms with Gasteiger partial charge in [0.1, 0.15) is 23.1 Å². The van der Waals surface area contributed by atoms with Crippen molar-refractivity contribution in [3.63, 3.8) is 0 Å². The molecule has 0 radical (unpaired) electrons. The van der Waals surface area contributed by atoms with E-state index in [0.29, 0.717) is 29.3 Å². The number of nitrogens with zero attached hydrogens (tertiary/aromatic N) is 4. The molecule has 0 atom stereocenters. The van der Waals surface area contributed by atoms with Gasteiger partial charge in [0.2, 0.25) is 0 Å². The lowest BCUT2D eigenvalue weighted by Crippen LogP contribution is -2.19. The number of carbonyl (C=O) groups excluding carboxylic acids is 1. The number of imidazole rings is 1. The molecule has 4 aromatic rings. The molecule has 0 bridgehead atoms. The summed E-state index contributed by atoms with van der Waals surface area (Å²) in [6.07, 6.45) is 5.74. The molecule has 0 saturated carbocycles. The maximum absolute atomic E-state index is 13.6. The van der Waals surface area contributed by atoms with E-state index in [1.54, 1.807) is 12.4 Å². The molecule has 1 fully saturated rings. The lowest BCUT2D eigenvalue weighted by molar-refractivity contribution is 0.0966. The van der Waals surface area contributed by atoms with Gasteiger partial charge in [0.15, 0.2) is 0 Å². The third-order valence-corrected chi connectivity index (χ3v) is 6.14. The van der Waals surface area contributed by atoms with E-state index >= 15 is 0 Å². The molecule has 1 aromatic carbocycles. The molecule has 7 nitrogen and oxygen atoms in total. The Balaban J connectivity index is 1.40. The zero-order valence-corrected chi connectivity index (χ0v) is 17.3. The molecule has 32 heavy (non-hydrogen) atoms. The number of carbonyl (C=O) groups is 1. The average molecular weight is 428 g/mol. The molecule has 5 heterocycles. The van der Waals surface area contributed by atoms with Gasteiger partial charge in [-0.25, -0.2) is 14.4 Å². The maximum Gasteiger partial charge on any atom is 0.254 e. The zero-order valence-electron chi connectivity index (χ0n) is 17.3. The van der Waals surface area contributed by atoms with Crippen LogP contribution in [0.25, 0.3) is 16.9 Å². The summed E-state index contributed by atoms with van der Waals surface area (Å²) < 4.78 is 15.4. The lowest BCUT2D eigenvalue weighted by Gasteiger charge is -2.18. The Morgan fingerprint density at radius 2 is 1.97 bits per heavy atom. The van der Waals surface area contributed by atoms with E-state index in [9.17, 15) is 9.18 Å². The minimum atomic E-state index is -0.333. The van der Waals surface area contributed by atoms with Crippen molar-refractivity contribution in [1.29, 1.82) is 0 Å². The number of fused-ring (bicyclic) bond motifs is 2. The fraction of sp³-hybridized carbons (Fsp3) is 0.208. The topological polar surface area (TPSA) is 74.6 Å². The van der Waals surface area contributed by atoms with Gasteiger partial charge >= 0.3 is 0 Å². The number of hydrogen-bond acceptors (Lipinski definition) is 5. The van der Waals surface area contributed by atoms with Crippen LogP contribution in [0.5, 0.6) is 0 Å². The summed E-state index contributed by atoms with van der Waals surface area (Å²) in [5.74, 6) is 1.19. The summed E-state index contributed by atoms with van der Waals surface area (Å²) in [5, 5.41) is 6.27. The zero-order chi connectivity index (χ0) is 21.7. The number of amides is 1. The van der Waals surface area contributed by atoms with E-state index < -0.39 is 0 Å². The first-order valence-electron chi connectivity index (χ1n) is 10.7. The third-order valence-electron chi connectivity index (χ3n) is 6.14. The molecule has 0 aliphatic carbocycles. The van der Waals surface area contributed by atoms with E-state index in [1.807, 2.05) is 34.7 Å². The number of halogens is 1. The van der Waals surface area contributed by atoms with E-state index in [2.05, 4.69) is 20.5 Å². The van der Waals surface area contributed by atoms with Gasteiger partial charge in [-0.1, -0.05) is 12.1 Å². The highest BCUT2D eigenvalue weighted by Crippen LogP contribution is 2.35. The molecule has 1 amide bonds. The van der Waals surface area contributed by atoms with E-state index in [0.717, 1.165) is 35.7 Å². The molecule has 2 aliphatic heterocycles. The normalized spacial score (nSPS) is 15.3. The van der Waals surface area contributed by atoms with Crippen LogP contribution in [0, 0.1) is 5.82 Å². The maximum atomic E-state index is 13.6.